The van der Waals surface area contributed by atoms with Gasteiger partial charge in [0.2, 0.25) is 0 Å². The summed E-state index contributed by atoms with van der Waals surface area (Å²) in [6.07, 6.45) is 0. The van der Waals surface area contributed by atoms with Crippen molar-refractivity contribution in [2.75, 3.05) is 4.90 Å². The molecule has 0 amide bonds. The molecule has 0 aliphatic heterocycles. The molecule has 11 rings (SSSR count). The highest BCUT2D eigenvalue weighted by Gasteiger charge is 2.37. The number of benzene rings is 9. The van der Waals surface area contributed by atoms with Gasteiger partial charge in [-0.1, -0.05) is 198 Å². The predicted octanol–water partition coefficient (Wildman–Crippen LogP) is 16.4. The van der Waals surface area contributed by atoms with Crippen LogP contribution in [0.4, 0.5) is 17.1 Å². The van der Waals surface area contributed by atoms with Crippen LogP contribution in [-0.2, 0) is 10.8 Å². The number of para-hydroxylation sites is 1. The molecule has 0 heterocycles. The average molecular weight is 782 g/mol. The number of fused-ring (bicyclic) bond motifs is 6. The Morgan fingerprint density at radius 3 is 1.38 bits per heavy atom. The molecule has 0 radical (unpaired) electrons. The van der Waals surface area contributed by atoms with Gasteiger partial charge in [-0.2, -0.15) is 0 Å². The lowest BCUT2D eigenvalue weighted by Gasteiger charge is -2.29. The van der Waals surface area contributed by atoms with Crippen LogP contribution in [-0.4, -0.2) is 0 Å². The molecule has 0 saturated heterocycles. The van der Waals surface area contributed by atoms with Crippen LogP contribution < -0.4 is 4.90 Å². The van der Waals surface area contributed by atoms with Gasteiger partial charge in [0.25, 0.3) is 0 Å². The highest BCUT2D eigenvalue weighted by Crippen LogP contribution is 2.54. The second-order valence-corrected chi connectivity index (χ2v) is 17.7. The maximum absolute atomic E-state index is 2.44. The Morgan fingerprint density at radius 1 is 0.279 bits per heavy atom. The number of hydrogen-bond acceptors (Lipinski definition) is 1. The van der Waals surface area contributed by atoms with Gasteiger partial charge in [0.05, 0.1) is 5.69 Å². The molecular weight excluding hydrogens is 735 g/mol. The molecule has 0 N–H and O–H groups in total. The molecule has 2 aliphatic rings. The Bertz CT molecular complexity index is 3110. The molecule has 1 heteroatoms. The third kappa shape index (κ3) is 5.99. The molecule has 0 bridgehead atoms. The number of hydrogen-bond donors (Lipinski definition) is 0. The van der Waals surface area contributed by atoms with Crippen molar-refractivity contribution in [2.45, 2.75) is 38.5 Å². The van der Waals surface area contributed by atoms with Gasteiger partial charge in [-0.3, -0.25) is 0 Å². The summed E-state index contributed by atoms with van der Waals surface area (Å²) in [5.74, 6) is 0. The van der Waals surface area contributed by atoms with Gasteiger partial charge in [-0.25, -0.2) is 0 Å². The van der Waals surface area contributed by atoms with E-state index in [1.165, 1.54) is 89.0 Å². The van der Waals surface area contributed by atoms with E-state index in [0.29, 0.717) is 0 Å². The van der Waals surface area contributed by atoms with Crippen LogP contribution in [0.1, 0.15) is 49.9 Å². The first-order valence-electron chi connectivity index (χ1n) is 21.5. The lowest BCUT2D eigenvalue weighted by molar-refractivity contribution is 0.660. The molecular formula is C60H47N. The fraction of sp³-hybridized carbons (Fsp3) is 0.100. The molecule has 0 fully saturated rings. The number of rotatable bonds is 7. The third-order valence-corrected chi connectivity index (χ3v) is 13.5. The minimum absolute atomic E-state index is 0.0508. The summed E-state index contributed by atoms with van der Waals surface area (Å²) in [6.45, 7) is 9.43. The van der Waals surface area contributed by atoms with Crippen molar-refractivity contribution in [3.05, 3.63) is 235 Å². The predicted molar refractivity (Wildman–Crippen MR) is 258 cm³/mol. The fourth-order valence-electron chi connectivity index (χ4n) is 10.3. The van der Waals surface area contributed by atoms with E-state index in [2.05, 4.69) is 245 Å². The quantitative estimate of drug-likeness (QED) is 0.156. The molecule has 0 unspecified atom stereocenters. The molecule has 9 aromatic rings. The zero-order valence-electron chi connectivity index (χ0n) is 35.2. The van der Waals surface area contributed by atoms with Crippen LogP contribution in [0.5, 0.6) is 0 Å². The molecule has 2 aliphatic carbocycles. The Hall–Kier alpha value is -7.22. The van der Waals surface area contributed by atoms with E-state index in [9.17, 15) is 0 Å². The Kier molecular flexibility index (Phi) is 8.58. The third-order valence-electron chi connectivity index (χ3n) is 13.5. The minimum Gasteiger partial charge on any atom is -0.310 e. The van der Waals surface area contributed by atoms with Gasteiger partial charge in [-0.05, 0) is 126 Å². The molecule has 9 aromatic carbocycles. The summed E-state index contributed by atoms with van der Waals surface area (Å²) >= 11 is 0. The number of anilines is 3. The molecule has 0 saturated carbocycles. The molecule has 1 nitrogen and oxygen atoms in total. The highest BCUT2D eigenvalue weighted by atomic mass is 15.1. The van der Waals surface area contributed by atoms with Gasteiger partial charge >= 0.3 is 0 Å². The van der Waals surface area contributed by atoms with Gasteiger partial charge in [0, 0.05) is 27.8 Å². The van der Waals surface area contributed by atoms with Crippen LogP contribution >= 0.6 is 0 Å². The Balaban J connectivity index is 1.03. The minimum atomic E-state index is -0.0877. The van der Waals surface area contributed by atoms with Crippen molar-refractivity contribution in [3.63, 3.8) is 0 Å². The standard InChI is InChI=1S/C60H47N/c1-59(2)54-25-12-9-22-52(54)58-51(23-15-26-55(58)59)50-21-10-13-27-57(50)61(46-33-28-41(29-34-46)44-19-14-18-43(38-44)40-16-6-5-7-17-40)47-35-30-42(31-36-47)45-32-37-49-48-20-8-11-24-53(48)60(3,4)56(49)39-45/h5-39H,1-4H3. The first kappa shape index (κ1) is 36.8. The van der Waals surface area contributed by atoms with Gasteiger partial charge in [-0.15, -0.1) is 0 Å². The van der Waals surface area contributed by atoms with E-state index in [0.717, 1.165) is 17.1 Å². The van der Waals surface area contributed by atoms with E-state index < -0.39 is 0 Å². The monoisotopic (exact) mass is 781 g/mol. The molecule has 0 aromatic heterocycles. The summed E-state index contributed by atoms with van der Waals surface area (Å²) < 4.78 is 0. The van der Waals surface area contributed by atoms with Crippen LogP contribution in [0.25, 0.3) is 66.8 Å². The van der Waals surface area contributed by atoms with Gasteiger partial charge in [0.15, 0.2) is 0 Å². The van der Waals surface area contributed by atoms with E-state index in [-0.39, 0.29) is 10.8 Å². The summed E-state index contributed by atoms with van der Waals surface area (Å²) in [5, 5.41) is 0. The average Bonchev–Trinajstić information content (AvgIpc) is 3.69. The Labute approximate surface area is 360 Å². The van der Waals surface area contributed by atoms with E-state index in [4.69, 9.17) is 0 Å². The first-order chi connectivity index (χ1) is 29.8. The zero-order chi connectivity index (χ0) is 41.3. The van der Waals surface area contributed by atoms with Crippen LogP contribution in [0, 0.1) is 0 Å². The second kappa shape index (κ2) is 14.2. The molecule has 292 valence electrons. The molecule has 0 atom stereocenters. The lowest BCUT2D eigenvalue weighted by atomic mass is 9.81. The van der Waals surface area contributed by atoms with Crippen molar-refractivity contribution in [1.29, 1.82) is 0 Å². The van der Waals surface area contributed by atoms with Crippen molar-refractivity contribution in [2.24, 2.45) is 0 Å². The Morgan fingerprint density at radius 2 is 0.705 bits per heavy atom. The van der Waals surface area contributed by atoms with Crippen molar-refractivity contribution in [3.8, 4) is 66.8 Å². The zero-order valence-corrected chi connectivity index (χ0v) is 35.2. The lowest BCUT2D eigenvalue weighted by Crippen LogP contribution is -2.15. The first-order valence-corrected chi connectivity index (χ1v) is 21.5. The topological polar surface area (TPSA) is 3.24 Å². The van der Waals surface area contributed by atoms with Crippen molar-refractivity contribution in [1.82, 2.24) is 0 Å². The summed E-state index contributed by atoms with van der Waals surface area (Å²) in [5.41, 5.74) is 23.8. The van der Waals surface area contributed by atoms with E-state index in [1.54, 1.807) is 0 Å². The molecule has 0 spiro atoms. The summed E-state index contributed by atoms with van der Waals surface area (Å²) in [4.78, 5) is 2.44. The van der Waals surface area contributed by atoms with Crippen LogP contribution in [0.15, 0.2) is 212 Å². The largest absolute Gasteiger partial charge is 0.310 e. The van der Waals surface area contributed by atoms with Crippen LogP contribution in [0.3, 0.4) is 0 Å². The summed E-state index contributed by atoms with van der Waals surface area (Å²) in [7, 11) is 0. The maximum atomic E-state index is 2.44. The maximum Gasteiger partial charge on any atom is 0.0540 e. The van der Waals surface area contributed by atoms with Crippen molar-refractivity contribution >= 4 is 17.1 Å². The number of nitrogens with zero attached hydrogens (tertiary/aromatic N) is 1. The fourth-order valence-corrected chi connectivity index (χ4v) is 10.3. The van der Waals surface area contributed by atoms with E-state index >= 15 is 0 Å². The van der Waals surface area contributed by atoms with Crippen LogP contribution in [0.2, 0.25) is 0 Å². The highest BCUT2D eigenvalue weighted by molar-refractivity contribution is 5.98. The van der Waals surface area contributed by atoms with Crippen molar-refractivity contribution < 1.29 is 0 Å². The smallest absolute Gasteiger partial charge is 0.0540 e. The summed E-state index contributed by atoms with van der Waals surface area (Å²) in [6, 6.07) is 78.4. The normalized spacial score (nSPS) is 13.8. The second-order valence-electron chi connectivity index (χ2n) is 17.7. The van der Waals surface area contributed by atoms with E-state index in [1.807, 2.05) is 0 Å². The van der Waals surface area contributed by atoms with Gasteiger partial charge in [0.1, 0.15) is 0 Å². The molecule has 61 heavy (non-hydrogen) atoms. The SMILES string of the molecule is CC1(C)c2ccccc2-c2ccc(-c3ccc(N(c4ccc(-c5cccc(-c6ccccc6)c5)cc4)c4ccccc4-c4cccc5c4-c4ccccc4C5(C)C)cc3)cc21. The van der Waals surface area contributed by atoms with Gasteiger partial charge < -0.3 is 4.90 Å².